The topological polar surface area (TPSA) is 66.5 Å². The zero-order valence-electron chi connectivity index (χ0n) is 16.7. The Kier molecular flexibility index (Phi) is 9.01. The number of aliphatic imine (C=N–C) groups is 1. The fraction of sp³-hybridized carbons (Fsp3) is 0.550. The van der Waals surface area contributed by atoms with Crippen molar-refractivity contribution in [3.63, 3.8) is 0 Å². The van der Waals surface area contributed by atoms with Gasteiger partial charge in [-0.3, -0.25) is 4.99 Å². The van der Waals surface area contributed by atoms with Gasteiger partial charge in [-0.25, -0.2) is 0 Å². The van der Waals surface area contributed by atoms with Crippen LogP contribution in [0.15, 0.2) is 33.8 Å². The molecular weight excluding hydrogens is 489 g/mol. The molecule has 0 spiro atoms. The minimum atomic E-state index is 0. The molecule has 1 atom stereocenters. The first-order valence-electron chi connectivity index (χ1n) is 9.59. The average molecular weight is 518 g/mol. The number of benzene rings is 1. The molecule has 8 heteroatoms. The summed E-state index contributed by atoms with van der Waals surface area (Å²) in [7, 11) is 1.84. The highest BCUT2D eigenvalue weighted by Gasteiger charge is 2.25. The largest absolute Gasteiger partial charge is 0.356 e. The molecule has 0 amide bonds. The molecule has 1 saturated heterocycles. The smallest absolute Gasteiger partial charge is 0.228 e. The summed E-state index contributed by atoms with van der Waals surface area (Å²) in [5.41, 5.74) is 0.856. The fourth-order valence-electron chi connectivity index (χ4n) is 3.60. The van der Waals surface area contributed by atoms with E-state index in [0.29, 0.717) is 29.7 Å². The summed E-state index contributed by atoms with van der Waals surface area (Å²) in [6.07, 6.45) is 3.17. The van der Waals surface area contributed by atoms with Crippen LogP contribution in [0.1, 0.15) is 32.6 Å². The molecule has 1 N–H and O–H groups in total. The number of aromatic nitrogens is 2. The van der Waals surface area contributed by atoms with E-state index in [0.717, 1.165) is 36.4 Å². The molecule has 154 valence electrons. The van der Waals surface area contributed by atoms with Gasteiger partial charge in [0.1, 0.15) is 0 Å². The standard InChI is InChI=1S/C20H28ClN5O.HI/c1-14(2)11-15-8-10-26(13-15)20(22-3)23-9-7-18-24-19(25-27-18)16-5-4-6-17(21)12-16;/h4-6,12,14-15H,7-11,13H2,1-3H3,(H,22,23);1H. The molecule has 0 radical (unpaired) electrons. The van der Waals surface area contributed by atoms with Gasteiger partial charge in [-0.2, -0.15) is 4.98 Å². The second-order valence-corrected chi connectivity index (χ2v) is 7.91. The van der Waals surface area contributed by atoms with E-state index in [1.54, 1.807) is 0 Å². The molecule has 1 fully saturated rings. The minimum absolute atomic E-state index is 0. The van der Waals surface area contributed by atoms with E-state index in [-0.39, 0.29) is 24.0 Å². The highest BCUT2D eigenvalue weighted by atomic mass is 127. The van der Waals surface area contributed by atoms with Gasteiger partial charge in [-0.05, 0) is 36.8 Å². The maximum atomic E-state index is 6.02. The summed E-state index contributed by atoms with van der Waals surface area (Å²) in [6, 6.07) is 7.45. The molecule has 6 nitrogen and oxygen atoms in total. The van der Waals surface area contributed by atoms with Gasteiger partial charge in [-0.1, -0.05) is 42.7 Å². The number of hydrogen-bond donors (Lipinski definition) is 1. The van der Waals surface area contributed by atoms with Gasteiger partial charge in [0.05, 0.1) is 0 Å². The molecule has 1 aliphatic rings. The fourth-order valence-corrected chi connectivity index (χ4v) is 3.79. The monoisotopic (exact) mass is 517 g/mol. The predicted molar refractivity (Wildman–Crippen MR) is 124 cm³/mol. The van der Waals surface area contributed by atoms with Crippen LogP contribution in [0.25, 0.3) is 11.4 Å². The van der Waals surface area contributed by atoms with Crippen LogP contribution in [0.4, 0.5) is 0 Å². The molecule has 0 bridgehead atoms. The third kappa shape index (κ3) is 6.34. The molecular formula is C20H29ClIN5O. The highest BCUT2D eigenvalue weighted by Crippen LogP contribution is 2.23. The second kappa shape index (κ2) is 11.0. The van der Waals surface area contributed by atoms with Gasteiger partial charge in [-0.15, -0.1) is 24.0 Å². The van der Waals surface area contributed by atoms with Crippen LogP contribution in [0.3, 0.4) is 0 Å². The molecule has 1 aromatic heterocycles. The van der Waals surface area contributed by atoms with Gasteiger partial charge in [0, 0.05) is 43.7 Å². The van der Waals surface area contributed by atoms with Crippen LogP contribution in [-0.2, 0) is 6.42 Å². The van der Waals surface area contributed by atoms with E-state index in [1.165, 1.54) is 12.8 Å². The Balaban J connectivity index is 0.00000280. The Labute approximate surface area is 189 Å². The van der Waals surface area contributed by atoms with Crippen LogP contribution in [0, 0.1) is 11.8 Å². The zero-order valence-corrected chi connectivity index (χ0v) is 19.8. The highest BCUT2D eigenvalue weighted by molar-refractivity contribution is 14.0. The number of nitrogens with zero attached hydrogens (tertiary/aromatic N) is 4. The first kappa shape index (κ1) is 22.9. The lowest BCUT2D eigenvalue weighted by Gasteiger charge is -2.21. The van der Waals surface area contributed by atoms with E-state index in [9.17, 15) is 0 Å². The van der Waals surface area contributed by atoms with Gasteiger partial charge in [0.15, 0.2) is 5.96 Å². The second-order valence-electron chi connectivity index (χ2n) is 7.48. The predicted octanol–water partition coefficient (Wildman–Crippen LogP) is 4.49. The molecule has 0 saturated carbocycles. The van der Waals surface area contributed by atoms with Crippen LogP contribution < -0.4 is 5.32 Å². The number of likely N-dealkylation sites (tertiary alicyclic amines) is 1. The van der Waals surface area contributed by atoms with Crippen molar-refractivity contribution in [2.75, 3.05) is 26.7 Å². The number of guanidine groups is 1. The summed E-state index contributed by atoms with van der Waals surface area (Å²) >= 11 is 6.02. The SMILES string of the molecule is CN=C(NCCc1nc(-c2cccc(Cl)c2)no1)N1CCC(CC(C)C)C1.I. The lowest BCUT2D eigenvalue weighted by molar-refractivity contribution is 0.376. The summed E-state index contributed by atoms with van der Waals surface area (Å²) in [5, 5.41) is 8.12. The third-order valence-corrected chi connectivity index (χ3v) is 5.01. The number of nitrogens with one attached hydrogen (secondary N) is 1. The minimum Gasteiger partial charge on any atom is -0.356 e. The van der Waals surface area contributed by atoms with E-state index < -0.39 is 0 Å². The van der Waals surface area contributed by atoms with Crippen LogP contribution in [0.5, 0.6) is 0 Å². The summed E-state index contributed by atoms with van der Waals surface area (Å²) in [6.45, 7) is 7.43. The summed E-state index contributed by atoms with van der Waals surface area (Å²) in [5.74, 6) is 3.63. The average Bonchev–Trinajstić information content (AvgIpc) is 3.28. The van der Waals surface area contributed by atoms with Gasteiger partial charge >= 0.3 is 0 Å². The molecule has 1 aliphatic heterocycles. The molecule has 1 unspecified atom stereocenters. The van der Waals surface area contributed by atoms with Crippen molar-refractivity contribution in [3.8, 4) is 11.4 Å². The van der Waals surface area contributed by atoms with E-state index in [1.807, 2.05) is 31.3 Å². The maximum Gasteiger partial charge on any atom is 0.228 e. The van der Waals surface area contributed by atoms with Crippen molar-refractivity contribution >= 4 is 41.5 Å². The Hall–Kier alpha value is -1.35. The lowest BCUT2D eigenvalue weighted by Crippen LogP contribution is -2.40. The van der Waals surface area contributed by atoms with Crippen molar-refractivity contribution < 1.29 is 4.52 Å². The van der Waals surface area contributed by atoms with Gasteiger partial charge in [0.2, 0.25) is 11.7 Å². The van der Waals surface area contributed by atoms with Gasteiger partial charge in [0.25, 0.3) is 0 Å². The van der Waals surface area contributed by atoms with Crippen LogP contribution in [-0.4, -0.2) is 47.7 Å². The third-order valence-electron chi connectivity index (χ3n) is 4.77. The molecule has 0 aliphatic carbocycles. The Morgan fingerprint density at radius 2 is 2.25 bits per heavy atom. The van der Waals surface area contributed by atoms with Crippen molar-refractivity contribution in [3.05, 3.63) is 35.2 Å². The number of halogens is 2. The summed E-state index contributed by atoms with van der Waals surface area (Å²) < 4.78 is 5.36. The Bertz CT molecular complexity index is 779. The van der Waals surface area contributed by atoms with Crippen molar-refractivity contribution in [2.45, 2.75) is 33.1 Å². The van der Waals surface area contributed by atoms with E-state index in [2.05, 4.69) is 39.2 Å². The molecule has 2 aromatic rings. The molecule has 3 rings (SSSR count). The van der Waals surface area contributed by atoms with Crippen molar-refractivity contribution in [1.82, 2.24) is 20.4 Å². The Morgan fingerprint density at radius 1 is 1.43 bits per heavy atom. The van der Waals surface area contributed by atoms with E-state index in [4.69, 9.17) is 16.1 Å². The maximum absolute atomic E-state index is 6.02. The first-order chi connectivity index (χ1) is 13.0. The van der Waals surface area contributed by atoms with Crippen molar-refractivity contribution in [2.24, 2.45) is 16.8 Å². The molecule has 2 heterocycles. The zero-order chi connectivity index (χ0) is 19.2. The van der Waals surface area contributed by atoms with Crippen LogP contribution >= 0.6 is 35.6 Å². The van der Waals surface area contributed by atoms with Crippen LogP contribution in [0.2, 0.25) is 5.02 Å². The summed E-state index contributed by atoms with van der Waals surface area (Å²) in [4.78, 5) is 11.2. The quantitative estimate of drug-likeness (QED) is 0.347. The number of hydrogen-bond acceptors (Lipinski definition) is 4. The normalized spacial score (nSPS) is 17.1. The number of rotatable bonds is 6. The first-order valence-corrected chi connectivity index (χ1v) is 9.97. The molecule has 1 aromatic carbocycles. The Morgan fingerprint density at radius 3 is 2.96 bits per heavy atom. The van der Waals surface area contributed by atoms with E-state index >= 15 is 0 Å². The molecule has 28 heavy (non-hydrogen) atoms. The lowest BCUT2D eigenvalue weighted by atomic mass is 9.97. The van der Waals surface area contributed by atoms with Gasteiger partial charge < -0.3 is 14.7 Å². The van der Waals surface area contributed by atoms with Crippen molar-refractivity contribution in [1.29, 1.82) is 0 Å².